The van der Waals surface area contributed by atoms with Crippen molar-refractivity contribution in [3.05, 3.63) is 54.6 Å². The lowest BCUT2D eigenvalue weighted by Gasteiger charge is -2.09. The van der Waals surface area contributed by atoms with Crippen LogP contribution in [-0.4, -0.2) is 10.1 Å². The van der Waals surface area contributed by atoms with E-state index in [1.165, 1.54) is 0 Å². The van der Waals surface area contributed by atoms with Gasteiger partial charge < -0.3 is 16.2 Å². The van der Waals surface area contributed by atoms with Gasteiger partial charge in [0.05, 0.1) is 11.4 Å². The van der Waals surface area contributed by atoms with Gasteiger partial charge in [0.2, 0.25) is 0 Å². The van der Waals surface area contributed by atoms with E-state index in [2.05, 4.69) is 10.3 Å². The molecule has 0 aliphatic rings. The third-order valence-electron chi connectivity index (χ3n) is 2.92. The van der Waals surface area contributed by atoms with Crippen LogP contribution in [0.15, 0.2) is 54.6 Å². The van der Waals surface area contributed by atoms with Gasteiger partial charge in [-0.2, -0.15) is 0 Å². The number of phenolic OH excluding ortho intramolecular Hbond substituents is 1. The zero-order valence-corrected chi connectivity index (χ0v) is 10.2. The Kier molecular flexibility index (Phi) is 2.68. The van der Waals surface area contributed by atoms with Gasteiger partial charge in [0, 0.05) is 5.39 Å². The van der Waals surface area contributed by atoms with Crippen LogP contribution in [0.25, 0.3) is 10.9 Å². The Balaban J connectivity index is 2.02. The van der Waals surface area contributed by atoms with Gasteiger partial charge in [-0.3, -0.25) is 0 Å². The summed E-state index contributed by atoms with van der Waals surface area (Å²) in [5, 5.41) is 13.8. The van der Waals surface area contributed by atoms with Crippen LogP contribution in [0.4, 0.5) is 17.2 Å². The second kappa shape index (κ2) is 4.49. The molecule has 0 fully saturated rings. The first-order valence-corrected chi connectivity index (χ1v) is 5.94. The molecular weight excluding hydrogens is 238 g/mol. The van der Waals surface area contributed by atoms with Crippen molar-refractivity contribution in [2.45, 2.75) is 0 Å². The molecule has 94 valence electrons. The molecule has 19 heavy (non-hydrogen) atoms. The molecule has 0 aliphatic carbocycles. The molecule has 0 spiro atoms. The van der Waals surface area contributed by atoms with Gasteiger partial charge in [0.1, 0.15) is 17.1 Å². The predicted octanol–water partition coefficient (Wildman–Crippen LogP) is 3.27. The molecule has 1 heterocycles. The number of nitrogens with one attached hydrogen (secondary N) is 1. The van der Waals surface area contributed by atoms with Crippen molar-refractivity contribution < 1.29 is 5.11 Å². The SMILES string of the molecule is Nc1ccccc1Nc1ccc2cccc(O)c2n1. The van der Waals surface area contributed by atoms with Gasteiger partial charge in [-0.25, -0.2) is 4.98 Å². The van der Waals surface area contributed by atoms with Gasteiger partial charge in [0.15, 0.2) is 0 Å². The highest BCUT2D eigenvalue weighted by molar-refractivity contribution is 5.86. The van der Waals surface area contributed by atoms with E-state index < -0.39 is 0 Å². The number of aromatic hydroxyl groups is 1. The van der Waals surface area contributed by atoms with E-state index in [0.29, 0.717) is 17.0 Å². The van der Waals surface area contributed by atoms with E-state index in [1.807, 2.05) is 42.5 Å². The number of hydrogen-bond acceptors (Lipinski definition) is 4. The number of nitrogen functional groups attached to an aromatic ring is 1. The molecule has 2 aromatic carbocycles. The minimum absolute atomic E-state index is 0.169. The lowest BCUT2D eigenvalue weighted by molar-refractivity contribution is 0.480. The topological polar surface area (TPSA) is 71.2 Å². The zero-order valence-electron chi connectivity index (χ0n) is 10.2. The maximum Gasteiger partial charge on any atom is 0.141 e. The summed E-state index contributed by atoms with van der Waals surface area (Å²) < 4.78 is 0. The first-order chi connectivity index (χ1) is 9.24. The lowest BCUT2D eigenvalue weighted by Crippen LogP contribution is -1.97. The number of fused-ring (bicyclic) bond motifs is 1. The number of nitrogens with zero attached hydrogens (tertiary/aromatic N) is 1. The normalized spacial score (nSPS) is 10.5. The van der Waals surface area contributed by atoms with Crippen molar-refractivity contribution in [2.24, 2.45) is 0 Å². The van der Waals surface area contributed by atoms with Crippen LogP contribution in [0.5, 0.6) is 5.75 Å². The first kappa shape index (κ1) is 11.3. The number of hydrogen-bond donors (Lipinski definition) is 3. The number of phenols is 1. The molecule has 0 unspecified atom stereocenters. The molecule has 0 aliphatic heterocycles. The smallest absolute Gasteiger partial charge is 0.141 e. The van der Waals surface area contributed by atoms with E-state index in [-0.39, 0.29) is 5.75 Å². The van der Waals surface area contributed by atoms with E-state index >= 15 is 0 Å². The van der Waals surface area contributed by atoms with E-state index in [9.17, 15) is 5.11 Å². The molecule has 0 bridgehead atoms. The van der Waals surface area contributed by atoms with Crippen LogP contribution in [-0.2, 0) is 0 Å². The number of pyridine rings is 1. The molecule has 0 radical (unpaired) electrons. The monoisotopic (exact) mass is 251 g/mol. The standard InChI is InChI=1S/C15H13N3O/c16-11-5-1-2-6-12(11)17-14-9-8-10-4-3-7-13(19)15(10)18-14/h1-9,19H,16H2,(H,17,18). The van der Waals surface area contributed by atoms with Gasteiger partial charge in [-0.05, 0) is 30.3 Å². The molecule has 3 aromatic rings. The average molecular weight is 251 g/mol. The third kappa shape index (κ3) is 2.15. The maximum atomic E-state index is 9.80. The van der Waals surface area contributed by atoms with E-state index in [0.717, 1.165) is 11.1 Å². The Bertz CT molecular complexity index is 740. The molecule has 3 rings (SSSR count). The predicted molar refractivity (Wildman–Crippen MR) is 77.5 cm³/mol. The van der Waals surface area contributed by atoms with Crippen molar-refractivity contribution in [3.63, 3.8) is 0 Å². The second-order valence-corrected chi connectivity index (χ2v) is 4.26. The number of benzene rings is 2. The Morgan fingerprint density at radius 2 is 1.79 bits per heavy atom. The fraction of sp³-hybridized carbons (Fsp3) is 0. The van der Waals surface area contributed by atoms with Crippen molar-refractivity contribution in [1.29, 1.82) is 0 Å². The molecule has 1 aromatic heterocycles. The van der Waals surface area contributed by atoms with Crippen LogP contribution < -0.4 is 11.1 Å². The number of para-hydroxylation sites is 3. The summed E-state index contributed by atoms with van der Waals surface area (Å²) in [4.78, 5) is 4.39. The van der Waals surface area contributed by atoms with Crippen LogP contribution in [0.1, 0.15) is 0 Å². The minimum atomic E-state index is 0.169. The van der Waals surface area contributed by atoms with Crippen molar-refractivity contribution in [1.82, 2.24) is 4.98 Å². The molecule has 0 saturated carbocycles. The van der Waals surface area contributed by atoms with Gasteiger partial charge >= 0.3 is 0 Å². The van der Waals surface area contributed by atoms with Crippen molar-refractivity contribution in [3.8, 4) is 5.75 Å². The van der Waals surface area contributed by atoms with Gasteiger partial charge in [-0.1, -0.05) is 24.3 Å². The van der Waals surface area contributed by atoms with Gasteiger partial charge in [0.25, 0.3) is 0 Å². The quantitative estimate of drug-likeness (QED) is 0.611. The Labute approximate surface area is 110 Å². The van der Waals surface area contributed by atoms with Gasteiger partial charge in [-0.15, -0.1) is 0 Å². The highest BCUT2D eigenvalue weighted by Crippen LogP contribution is 2.26. The van der Waals surface area contributed by atoms with Crippen molar-refractivity contribution in [2.75, 3.05) is 11.1 Å². The largest absolute Gasteiger partial charge is 0.506 e. The zero-order chi connectivity index (χ0) is 13.2. The summed E-state index contributed by atoms with van der Waals surface area (Å²) in [7, 11) is 0. The number of aromatic nitrogens is 1. The number of anilines is 3. The molecule has 4 N–H and O–H groups in total. The van der Waals surface area contributed by atoms with Crippen molar-refractivity contribution >= 4 is 28.1 Å². The molecule has 0 amide bonds. The fourth-order valence-electron chi connectivity index (χ4n) is 1.95. The molecule has 0 atom stereocenters. The molecular formula is C15H13N3O. The minimum Gasteiger partial charge on any atom is -0.506 e. The highest BCUT2D eigenvalue weighted by atomic mass is 16.3. The summed E-state index contributed by atoms with van der Waals surface area (Å²) >= 11 is 0. The van der Waals surface area contributed by atoms with E-state index in [4.69, 9.17) is 5.73 Å². The molecule has 4 heteroatoms. The molecule has 0 saturated heterocycles. The van der Waals surface area contributed by atoms with Crippen LogP contribution >= 0.6 is 0 Å². The second-order valence-electron chi connectivity index (χ2n) is 4.26. The third-order valence-corrected chi connectivity index (χ3v) is 2.92. The number of rotatable bonds is 2. The maximum absolute atomic E-state index is 9.80. The average Bonchev–Trinajstić information content (AvgIpc) is 2.42. The van der Waals surface area contributed by atoms with Crippen LogP contribution in [0.2, 0.25) is 0 Å². The van der Waals surface area contributed by atoms with E-state index in [1.54, 1.807) is 12.1 Å². The Morgan fingerprint density at radius 3 is 2.63 bits per heavy atom. The summed E-state index contributed by atoms with van der Waals surface area (Å²) in [5.41, 5.74) is 7.89. The highest BCUT2D eigenvalue weighted by Gasteiger charge is 2.04. The molecule has 4 nitrogen and oxygen atoms in total. The lowest BCUT2D eigenvalue weighted by atomic mass is 10.2. The summed E-state index contributed by atoms with van der Waals surface area (Å²) in [6, 6.07) is 16.6. The Hall–Kier alpha value is -2.75. The Morgan fingerprint density at radius 1 is 0.947 bits per heavy atom. The number of nitrogens with two attached hydrogens (primary N) is 1. The summed E-state index contributed by atoms with van der Waals surface area (Å²) in [5.74, 6) is 0.814. The van der Waals surface area contributed by atoms with Crippen LogP contribution in [0.3, 0.4) is 0 Å². The fourth-order valence-corrected chi connectivity index (χ4v) is 1.95. The summed E-state index contributed by atoms with van der Waals surface area (Å²) in [6.07, 6.45) is 0. The summed E-state index contributed by atoms with van der Waals surface area (Å²) in [6.45, 7) is 0. The first-order valence-electron chi connectivity index (χ1n) is 5.94. The van der Waals surface area contributed by atoms with Crippen LogP contribution in [0, 0.1) is 0 Å².